The van der Waals surface area contributed by atoms with Crippen molar-refractivity contribution in [3.8, 4) is 0 Å². The fourth-order valence-electron chi connectivity index (χ4n) is 3.59. The number of unbranched alkanes of at least 4 members (excludes halogenated alkanes) is 19. The Morgan fingerprint density at radius 3 is 1.19 bits per heavy atom. The maximum absolute atomic E-state index is 10.9. The van der Waals surface area contributed by atoms with Crippen LogP contribution in [-0.2, 0) is 9.53 Å². The predicted octanol–water partition coefficient (Wildman–Crippen LogP) is 8.54. The lowest BCUT2D eigenvalue weighted by Crippen LogP contribution is -2.01. The first-order valence-corrected chi connectivity index (χ1v) is 12.1. The topological polar surface area (TPSA) is 26.3 Å². The van der Waals surface area contributed by atoms with Gasteiger partial charge in [-0.05, 0) is 6.42 Å². The molecule has 0 saturated heterocycles. The number of carbonyl (C=O) groups excluding carboxylic acids is 1. The zero-order chi connectivity index (χ0) is 19.8. The van der Waals surface area contributed by atoms with E-state index in [9.17, 15) is 4.79 Å². The predicted molar refractivity (Wildman–Crippen MR) is 119 cm³/mol. The van der Waals surface area contributed by atoms with Gasteiger partial charge in [0.15, 0.2) is 0 Å². The van der Waals surface area contributed by atoms with Crippen molar-refractivity contribution in [2.45, 2.75) is 135 Å². The van der Waals surface area contributed by atoms with Crippen LogP contribution in [0.2, 0.25) is 0 Å². The quantitative estimate of drug-likeness (QED) is 0.107. The molecule has 2 nitrogen and oxygen atoms in total. The lowest BCUT2D eigenvalue weighted by atomic mass is 10.0. The average molecular weight is 381 g/mol. The smallest absolute Gasteiger partial charge is 0.330 e. The molecule has 0 rings (SSSR count). The molecule has 0 heterocycles. The van der Waals surface area contributed by atoms with Crippen molar-refractivity contribution in [1.82, 2.24) is 0 Å². The summed E-state index contributed by atoms with van der Waals surface area (Å²) in [6.45, 7) is 6.23. The fourth-order valence-corrected chi connectivity index (χ4v) is 3.59. The normalized spacial score (nSPS) is 10.9. The molecule has 2 heteroatoms. The Labute approximate surface area is 170 Å². The summed E-state index contributed by atoms with van der Waals surface area (Å²) in [5.74, 6) is -0.298. The molecule has 0 aliphatic rings. The summed E-state index contributed by atoms with van der Waals surface area (Å²) in [4.78, 5) is 10.9. The molecule has 0 atom stereocenters. The van der Waals surface area contributed by atoms with E-state index in [1.165, 1.54) is 128 Å². The first kappa shape index (κ1) is 26.2. The van der Waals surface area contributed by atoms with Gasteiger partial charge in [-0.2, -0.15) is 0 Å². The maximum atomic E-state index is 10.9. The molecule has 160 valence electrons. The third-order valence-electron chi connectivity index (χ3n) is 5.41. The molecule has 0 unspecified atom stereocenters. The van der Waals surface area contributed by atoms with E-state index < -0.39 is 0 Å². The molecule has 0 aromatic heterocycles. The van der Waals surface area contributed by atoms with Crippen LogP contribution >= 0.6 is 0 Å². The second-order valence-corrected chi connectivity index (χ2v) is 8.09. The van der Waals surface area contributed by atoms with E-state index in [1.807, 2.05) is 0 Å². The highest BCUT2D eigenvalue weighted by Gasteiger charge is 1.97. The minimum atomic E-state index is -0.298. The van der Waals surface area contributed by atoms with Gasteiger partial charge in [-0.25, -0.2) is 4.79 Å². The van der Waals surface area contributed by atoms with E-state index in [2.05, 4.69) is 13.5 Å². The van der Waals surface area contributed by atoms with Gasteiger partial charge >= 0.3 is 5.97 Å². The van der Waals surface area contributed by atoms with Crippen LogP contribution in [0.15, 0.2) is 12.7 Å². The average Bonchev–Trinajstić information content (AvgIpc) is 2.68. The molecule has 0 radical (unpaired) electrons. The van der Waals surface area contributed by atoms with Crippen LogP contribution in [-0.4, -0.2) is 12.6 Å². The summed E-state index contributed by atoms with van der Waals surface area (Å²) in [5, 5.41) is 0. The molecule has 0 saturated carbocycles. The molecule has 0 aliphatic carbocycles. The van der Waals surface area contributed by atoms with E-state index in [4.69, 9.17) is 4.74 Å². The van der Waals surface area contributed by atoms with Crippen LogP contribution in [0.3, 0.4) is 0 Å². The van der Waals surface area contributed by atoms with Gasteiger partial charge in [0, 0.05) is 6.08 Å². The monoisotopic (exact) mass is 380 g/mol. The summed E-state index contributed by atoms with van der Waals surface area (Å²) in [5.41, 5.74) is 0. The van der Waals surface area contributed by atoms with Crippen LogP contribution in [0.25, 0.3) is 0 Å². The SMILES string of the molecule is C=CC(=O)OCCCCCCCCCCCCCCCCCCCCCC. The lowest BCUT2D eigenvalue weighted by Gasteiger charge is -2.04. The number of esters is 1. The van der Waals surface area contributed by atoms with Gasteiger partial charge in [0.05, 0.1) is 6.61 Å². The summed E-state index contributed by atoms with van der Waals surface area (Å²) in [6, 6.07) is 0. The van der Waals surface area contributed by atoms with Gasteiger partial charge in [0.25, 0.3) is 0 Å². The Morgan fingerprint density at radius 1 is 0.593 bits per heavy atom. The summed E-state index contributed by atoms with van der Waals surface area (Å²) < 4.78 is 4.97. The van der Waals surface area contributed by atoms with Crippen LogP contribution in [0.1, 0.15) is 135 Å². The first-order chi connectivity index (χ1) is 13.3. The van der Waals surface area contributed by atoms with Crippen molar-refractivity contribution in [3.05, 3.63) is 12.7 Å². The maximum Gasteiger partial charge on any atom is 0.330 e. The van der Waals surface area contributed by atoms with E-state index >= 15 is 0 Å². The Morgan fingerprint density at radius 2 is 0.889 bits per heavy atom. The molecule has 0 bridgehead atoms. The number of carbonyl (C=O) groups is 1. The van der Waals surface area contributed by atoms with Gasteiger partial charge in [-0.15, -0.1) is 0 Å². The Balaban J connectivity index is 3.01. The van der Waals surface area contributed by atoms with Gasteiger partial charge in [-0.1, -0.05) is 135 Å². The van der Waals surface area contributed by atoms with Crippen molar-refractivity contribution in [1.29, 1.82) is 0 Å². The Bertz CT molecular complexity index is 311. The van der Waals surface area contributed by atoms with E-state index in [0.717, 1.165) is 6.42 Å². The minimum Gasteiger partial charge on any atom is -0.463 e. The molecule has 0 amide bonds. The highest BCUT2D eigenvalue weighted by Crippen LogP contribution is 2.14. The zero-order valence-electron chi connectivity index (χ0n) is 18.5. The lowest BCUT2D eigenvalue weighted by molar-refractivity contribution is -0.137. The fraction of sp³-hybridized carbons (Fsp3) is 0.880. The second kappa shape index (κ2) is 23.2. The van der Waals surface area contributed by atoms with Gasteiger partial charge in [0.1, 0.15) is 0 Å². The third kappa shape index (κ3) is 23.2. The summed E-state index contributed by atoms with van der Waals surface area (Å²) in [6.07, 6.45) is 28.9. The number of ether oxygens (including phenoxy) is 1. The van der Waals surface area contributed by atoms with Crippen molar-refractivity contribution in [2.24, 2.45) is 0 Å². The number of rotatable bonds is 22. The third-order valence-corrected chi connectivity index (χ3v) is 5.41. The highest BCUT2D eigenvalue weighted by atomic mass is 16.5. The standard InChI is InChI=1S/C25H48O2/c1-3-5-6-7-8-9-10-11-12-13-14-15-16-17-18-19-20-21-22-23-24-27-25(26)4-2/h4H,2-3,5-24H2,1H3. The van der Waals surface area contributed by atoms with Gasteiger partial charge in [-0.3, -0.25) is 0 Å². The van der Waals surface area contributed by atoms with Crippen LogP contribution in [0.5, 0.6) is 0 Å². The van der Waals surface area contributed by atoms with Gasteiger partial charge < -0.3 is 4.74 Å². The molecule has 0 aromatic rings. The summed E-state index contributed by atoms with van der Waals surface area (Å²) in [7, 11) is 0. The Hall–Kier alpha value is -0.790. The van der Waals surface area contributed by atoms with Crippen LogP contribution in [0.4, 0.5) is 0 Å². The van der Waals surface area contributed by atoms with Crippen LogP contribution < -0.4 is 0 Å². The number of hydrogen-bond acceptors (Lipinski definition) is 2. The molecule has 0 N–H and O–H groups in total. The van der Waals surface area contributed by atoms with E-state index in [-0.39, 0.29) is 5.97 Å². The molecule has 0 aromatic carbocycles. The molecule has 27 heavy (non-hydrogen) atoms. The summed E-state index contributed by atoms with van der Waals surface area (Å²) >= 11 is 0. The molecular formula is C25H48O2. The van der Waals surface area contributed by atoms with E-state index in [1.54, 1.807) is 0 Å². The van der Waals surface area contributed by atoms with E-state index in [0.29, 0.717) is 6.61 Å². The van der Waals surface area contributed by atoms with Crippen molar-refractivity contribution < 1.29 is 9.53 Å². The largest absolute Gasteiger partial charge is 0.463 e. The van der Waals surface area contributed by atoms with Crippen molar-refractivity contribution in [2.75, 3.05) is 6.61 Å². The van der Waals surface area contributed by atoms with Crippen molar-refractivity contribution >= 4 is 5.97 Å². The molecule has 0 aliphatic heterocycles. The zero-order valence-corrected chi connectivity index (χ0v) is 18.5. The second-order valence-electron chi connectivity index (χ2n) is 8.09. The highest BCUT2D eigenvalue weighted by molar-refractivity contribution is 5.81. The molecule has 0 fully saturated rings. The minimum absolute atomic E-state index is 0.298. The Kier molecular flexibility index (Phi) is 22.6. The molecular weight excluding hydrogens is 332 g/mol. The molecule has 0 spiro atoms. The van der Waals surface area contributed by atoms with Gasteiger partial charge in [0.2, 0.25) is 0 Å². The van der Waals surface area contributed by atoms with Crippen LogP contribution in [0, 0.1) is 0 Å². The van der Waals surface area contributed by atoms with Crippen molar-refractivity contribution in [3.63, 3.8) is 0 Å². The number of hydrogen-bond donors (Lipinski definition) is 0. The first-order valence-electron chi connectivity index (χ1n) is 12.1.